The van der Waals surface area contributed by atoms with E-state index >= 15 is 0 Å². The third kappa shape index (κ3) is 4.56. The van der Waals surface area contributed by atoms with E-state index in [4.69, 9.17) is 4.74 Å². The fraction of sp³-hybridized carbons (Fsp3) is 0.400. The van der Waals surface area contributed by atoms with Crippen molar-refractivity contribution in [2.75, 3.05) is 57.4 Å². The number of hydrogen-bond donors (Lipinski definition) is 0. The Balaban J connectivity index is 1.37. The minimum atomic E-state index is -3.79. The minimum absolute atomic E-state index is 0.00854. The summed E-state index contributed by atoms with van der Waals surface area (Å²) in [6.07, 6.45) is 1.55. The van der Waals surface area contributed by atoms with Crippen LogP contribution in [0.3, 0.4) is 0 Å². The van der Waals surface area contributed by atoms with Gasteiger partial charge in [-0.3, -0.25) is 14.9 Å². The summed E-state index contributed by atoms with van der Waals surface area (Å²) in [6.45, 7) is 3.59. The zero-order valence-corrected chi connectivity index (χ0v) is 18.1. The predicted molar refractivity (Wildman–Crippen MR) is 115 cm³/mol. The van der Waals surface area contributed by atoms with E-state index in [2.05, 4.69) is 9.88 Å². The van der Waals surface area contributed by atoms with Gasteiger partial charge in [0, 0.05) is 57.6 Å². The van der Waals surface area contributed by atoms with Crippen molar-refractivity contribution < 1.29 is 22.9 Å². The van der Waals surface area contributed by atoms with E-state index < -0.39 is 14.9 Å². The normalized spacial score (nSPS) is 17.9. The molecule has 0 unspecified atom stereocenters. The van der Waals surface area contributed by atoms with Crippen molar-refractivity contribution in [3.05, 3.63) is 58.3 Å². The largest absolute Gasteiger partial charge is 0.378 e. The molecule has 0 aliphatic carbocycles. The number of aromatic nitrogens is 1. The zero-order chi connectivity index (χ0) is 22.7. The second-order valence-corrected chi connectivity index (χ2v) is 9.39. The molecule has 0 spiro atoms. The average molecular weight is 462 g/mol. The van der Waals surface area contributed by atoms with Crippen LogP contribution in [0.25, 0.3) is 0 Å². The average Bonchev–Trinajstić information content (AvgIpc) is 2.84. The van der Waals surface area contributed by atoms with Gasteiger partial charge in [0.05, 0.1) is 28.6 Å². The highest BCUT2D eigenvalue weighted by Crippen LogP contribution is 2.21. The lowest BCUT2D eigenvalue weighted by molar-refractivity contribution is -0.384. The molecule has 0 bridgehead atoms. The Kier molecular flexibility index (Phi) is 6.35. The van der Waals surface area contributed by atoms with E-state index in [1.165, 1.54) is 28.6 Å². The Morgan fingerprint density at radius 3 is 2.19 bits per heavy atom. The number of nitrogens with zero attached hydrogens (tertiary/aromatic N) is 5. The molecule has 3 heterocycles. The van der Waals surface area contributed by atoms with Crippen molar-refractivity contribution in [2.24, 2.45) is 0 Å². The number of nitro groups is 1. The van der Waals surface area contributed by atoms with Crippen LogP contribution in [0.4, 0.5) is 11.5 Å². The van der Waals surface area contributed by atoms with Gasteiger partial charge in [-0.25, -0.2) is 13.4 Å². The number of pyridine rings is 1. The second kappa shape index (κ2) is 9.18. The van der Waals surface area contributed by atoms with Gasteiger partial charge in [-0.15, -0.1) is 0 Å². The molecule has 1 aromatic carbocycles. The maximum Gasteiger partial charge on any atom is 0.269 e. The number of carbonyl (C=O) groups is 1. The quantitative estimate of drug-likeness (QED) is 0.476. The van der Waals surface area contributed by atoms with Crippen molar-refractivity contribution in [1.82, 2.24) is 14.2 Å². The highest BCUT2D eigenvalue weighted by atomic mass is 32.2. The molecule has 170 valence electrons. The van der Waals surface area contributed by atoms with Gasteiger partial charge in [0.25, 0.3) is 11.6 Å². The van der Waals surface area contributed by atoms with Crippen LogP contribution in [0.1, 0.15) is 10.4 Å². The van der Waals surface area contributed by atoms with Gasteiger partial charge in [-0.05, 0) is 24.3 Å². The first kappa shape index (κ1) is 22.1. The first-order chi connectivity index (χ1) is 15.4. The summed E-state index contributed by atoms with van der Waals surface area (Å²) in [5.41, 5.74) is 0.279. The summed E-state index contributed by atoms with van der Waals surface area (Å²) in [7, 11) is -3.79. The lowest BCUT2D eigenvalue weighted by Gasteiger charge is -2.34. The lowest BCUT2D eigenvalue weighted by atomic mass is 10.2. The standard InChI is InChI=1S/C20H23N5O6S/c26-20(16-1-6-19(21-15-16)22-11-13-31-14-12-22)23-7-9-24(10-8-23)32(29,30)18-4-2-17(3-5-18)25(27)28/h1-6,15H,7-14H2. The molecule has 12 heteroatoms. The number of morpholine rings is 1. The number of nitro benzene ring substituents is 1. The van der Waals surface area contributed by atoms with Gasteiger partial charge in [0.2, 0.25) is 10.0 Å². The van der Waals surface area contributed by atoms with Crippen LogP contribution >= 0.6 is 0 Å². The lowest BCUT2D eigenvalue weighted by Crippen LogP contribution is -2.50. The first-order valence-corrected chi connectivity index (χ1v) is 11.6. The molecule has 0 atom stereocenters. The molecular weight excluding hydrogens is 438 g/mol. The fourth-order valence-corrected chi connectivity index (χ4v) is 5.12. The third-order valence-corrected chi connectivity index (χ3v) is 7.45. The van der Waals surface area contributed by atoms with Crippen LogP contribution in [-0.2, 0) is 14.8 Å². The number of benzene rings is 1. The molecule has 2 saturated heterocycles. The summed E-state index contributed by atoms with van der Waals surface area (Å²) in [5, 5.41) is 10.8. The van der Waals surface area contributed by atoms with Gasteiger partial charge in [0.15, 0.2) is 0 Å². The van der Waals surface area contributed by atoms with Gasteiger partial charge < -0.3 is 14.5 Å². The van der Waals surface area contributed by atoms with Crippen LogP contribution in [0.5, 0.6) is 0 Å². The van der Waals surface area contributed by atoms with Gasteiger partial charge in [0.1, 0.15) is 5.82 Å². The molecule has 32 heavy (non-hydrogen) atoms. The van der Waals surface area contributed by atoms with Crippen molar-refractivity contribution in [3.63, 3.8) is 0 Å². The van der Waals surface area contributed by atoms with E-state index in [0.717, 1.165) is 18.9 Å². The second-order valence-electron chi connectivity index (χ2n) is 7.45. The molecule has 0 radical (unpaired) electrons. The maximum absolute atomic E-state index is 12.8. The smallest absolute Gasteiger partial charge is 0.269 e. The summed E-state index contributed by atoms with van der Waals surface area (Å²) in [6, 6.07) is 8.34. The molecule has 2 aliphatic heterocycles. The number of carbonyl (C=O) groups excluding carboxylic acids is 1. The number of anilines is 1. The molecule has 1 aromatic heterocycles. The SMILES string of the molecule is O=C(c1ccc(N2CCOCC2)nc1)N1CCN(S(=O)(=O)c2ccc([N+](=O)[O-])cc2)CC1. The molecule has 1 amide bonds. The van der Waals surface area contributed by atoms with E-state index in [1.807, 2.05) is 6.07 Å². The van der Waals surface area contributed by atoms with Crippen LogP contribution in [-0.4, -0.2) is 85.9 Å². The maximum atomic E-state index is 12.8. The number of ether oxygens (including phenoxy) is 1. The number of rotatable bonds is 5. The van der Waals surface area contributed by atoms with Crippen LogP contribution in [0.15, 0.2) is 47.5 Å². The number of hydrogen-bond acceptors (Lipinski definition) is 8. The van der Waals surface area contributed by atoms with E-state index in [9.17, 15) is 23.3 Å². The van der Waals surface area contributed by atoms with Crippen LogP contribution < -0.4 is 4.90 Å². The van der Waals surface area contributed by atoms with Crippen LogP contribution in [0, 0.1) is 10.1 Å². The zero-order valence-electron chi connectivity index (χ0n) is 17.3. The molecule has 2 fully saturated rings. The summed E-state index contributed by atoms with van der Waals surface area (Å²) in [5.74, 6) is 0.599. The topological polar surface area (TPSA) is 126 Å². The Morgan fingerprint density at radius 2 is 1.62 bits per heavy atom. The summed E-state index contributed by atoms with van der Waals surface area (Å²) in [4.78, 5) is 31.1. The highest BCUT2D eigenvalue weighted by molar-refractivity contribution is 7.89. The summed E-state index contributed by atoms with van der Waals surface area (Å²) >= 11 is 0. The predicted octanol–water partition coefficient (Wildman–Crippen LogP) is 0.973. The van der Waals surface area contributed by atoms with E-state index in [0.29, 0.717) is 18.8 Å². The fourth-order valence-electron chi connectivity index (χ4n) is 3.70. The number of amides is 1. The summed E-state index contributed by atoms with van der Waals surface area (Å²) < 4.78 is 32.3. The number of non-ortho nitro benzene ring substituents is 1. The third-order valence-electron chi connectivity index (χ3n) is 5.54. The molecular formula is C20H23N5O6S. The van der Waals surface area contributed by atoms with E-state index in [-0.39, 0.29) is 42.7 Å². The Hall–Kier alpha value is -3.09. The Labute approximate surface area is 185 Å². The molecule has 2 aliphatic rings. The highest BCUT2D eigenvalue weighted by Gasteiger charge is 2.31. The number of piperazine rings is 1. The molecule has 2 aromatic rings. The van der Waals surface area contributed by atoms with Gasteiger partial charge in [-0.1, -0.05) is 0 Å². The van der Waals surface area contributed by atoms with Crippen molar-refractivity contribution in [3.8, 4) is 0 Å². The van der Waals surface area contributed by atoms with Crippen molar-refractivity contribution in [2.45, 2.75) is 4.90 Å². The Morgan fingerprint density at radius 1 is 0.969 bits per heavy atom. The number of sulfonamides is 1. The van der Waals surface area contributed by atoms with Crippen LogP contribution in [0.2, 0.25) is 0 Å². The molecule has 0 N–H and O–H groups in total. The van der Waals surface area contributed by atoms with Gasteiger partial charge >= 0.3 is 0 Å². The first-order valence-electron chi connectivity index (χ1n) is 10.2. The van der Waals surface area contributed by atoms with Crippen molar-refractivity contribution >= 4 is 27.4 Å². The monoisotopic (exact) mass is 461 g/mol. The molecule has 11 nitrogen and oxygen atoms in total. The van der Waals surface area contributed by atoms with Gasteiger partial charge in [-0.2, -0.15) is 4.31 Å². The molecule has 0 saturated carbocycles. The van der Waals surface area contributed by atoms with Crippen molar-refractivity contribution in [1.29, 1.82) is 0 Å². The van der Waals surface area contributed by atoms with E-state index in [1.54, 1.807) is 17.2 Å². The molecule has 4 rings (SSSR count). The Bertz CT molecular complexity index is 1080. The minimum Gasteiger partial charge on any atom is -0.378 e.